The predicted octanol–water partition coefficient (Wildman–Crippen LogP) is 4.48. The Morgan fingerprint density at radius 1 is 0.964 bits per heavy atom. The summed E-state index contributed by atoms with van der Waals surface area (Å²) in [6.07, 6.45) is 4.59. The van der Waals surface area contributed by atoms with Crippen molar-refractivity contribution in [1.29, 1.82) is 0 Å². The fourth-order valence-electron chi connectivity index (χ4n) is 4.32. The summed E-state index contributed by atoms with van der Waals surface area (Å²) in [5, 5.41) is 1.07. The minimum Gasteiger partial charge on any atom is -0.496 e. The Kier molecular flexibility index (Phi) is 4.30. The molecule has 0 unspecified atom stereocenters. The van der Waals surface area contributed by atoms with Gasteiger partial charge in [-0.2, -0.15) is 0 Å². The average molecular weight is 374 g/mol. The number of nitrogens with two attached hydrogens (primary N) is 1. The van der Waals surface area contributed by atoms with E-state index < -0.39 is 0 Å². The molecular weight excluding hydrogens is 348 g/mol. The van der Waals surface area contributed by atoms with Gasteiger partial charge in [-0.3, -0.25) is 0 Å². The van der Waals surface area contributed by atoms with Gasteiger partial charge in [0, 0.05) is 30.1 Å². The van der Waals surface area contributed by atoms with Crippen LogP contribution in [0.2, 0.25) is 0 Å². The number of hydrogen-bond donors (Lipinski definition) is 1. The van der Waals surface area contributed by atoms with Crippen LogP contribution in [0.5, 0.6) is 5.75 Å². The van der Waals surface area contributed by atoms with Crippen LogP contribution in [0, 0.1) is 0 Å². The summed E-state index contributed by atoms with van der Waals surface area (Å²) < 4.78 is 5.58. The zero-order valence-corrected chi connectivity index (χ0v) is 16.3. The molecule has 0 spiro atoms. The summed E-state index contributed by atoms with van der Waals surface area (Å²) in [5.74, 6) is 4.11. The molecule has 0 amide bonds. The third-order valence-electron chi connectivity index (χ3n) is 6.03. The Morgan fingerprint density at radius 2 is 1.75 bits per heavy atom. The van der Waals surface area contributed by atoms with Crippen molar-refractivity contribution in [1.82, 2.24) is 9.97 Å². The van der Waals surface area contributed by atoms with Gasteiger partial charge >= 0.3 is 0 Å². The zero-order valence-electron chi connectivity index (χ0n) is 16.3. The minimum absolute atomic E-state index is 0.522. The van der Waals surface area contributed by atoms with Gasteiger partial charge in [0.05, 0.1) is 12.6 Å². The van der Waals surface area contributed by atoms with Crippen LogP contribution in [0.1, 0.15) is 48.9 Å². The maximum atomic E-state index is 6.07. The molecule has 0 bridgehead atoms. The predicted molar refractivity (Wildman–Crippen MR) is 113 cm³/mol. The van der Waals surface area contributed by atoms with Gasteiger partial charge < -0.3 is 15.4 Å². The number of nitrogens with zero attached hydrogens (tertiary/aromatic N) is 3. The molecule has 28 heavy (non-hydrogen) atoms. The second kappa shape index (κ2) is 6.97. The normalized spacial score (nSPS) is 17.8. The summed E-state index contributed by atoms with van der Waals surface area (Å²) in [4.78, 5) is 12.2. The molecular formula is C23H26N4O. The molecule has 1 saturated heterocycles. The molecule has 2 aliphatic rings. The zero-order chi connectivity index (χ0) is 19.1. The Morgan fingerprint density at radius 3 is 2.50 bits per heavy atom. The molecule has 2 aromatic carbocycles. The number of para-hydroxylation sites is 1. The van der Waals surface area contributed by atoms with Crippen LogP contribution in [0.15, 0.2) is 42.5 Å². The molecule has 1 saturated carbocycles. The number of piperidine rings is 1. The van der Waals surface area contributed by atoms with Crippen LogP contribution in [-0.2, 0) is 0 Å². The lowest BCUT2D eigenvalue weighted by Gasteiger charge is -2.34. The number of anilines is 2. The van der Waals surface area contributed by atoms with Gasteiger partial charge in [-0.05, 0) is 61.4 Å². The Labute approximate surface area is 165 Å². The van der Waals surface area contributed by atoms with Crippen LogP contribution < -0.4 is 15.4 Å². The van der Waals surface area contributed by atoms with Crippen molar-refractivity contribution < 1.29 is 4.74 Å². The lowest BCUT2D eigenvalue weighted by atomic mass is 9.88. The molecule has 1 aromatic heterocycles. The van der Waals surface area contributed by atoms with E-state index in [0.29, 0.717) is 11.8 Å². The molecule has 1 aliphatic heterocycles. The molecule has 3 aromatic rings. The summed E-state index contributed by atoms with van der Waals surface area (Å²) in [5.41, 5.74) is 9.17. The highest BCUT2D eigenvalue weighted by Crippen LogP contribution is 2.41. The number of ether oxygens (including phenoxy) is 1. The van der Waals surface area contributed by atoms with Crippen molar-refractivity contribution in [3.63, 3.8) is 0 Å². The molecule has 2 heterocycles. The lowest BCUT2D eigenvalue weighted by molar-refractivity contribution is 0.397. The number of fused-ring (bicyclic) bond motifs is 1. The van der Waals surface area contributed by atoms with E-state index in [1.165, 1.54) is 18.4 Å². The molecule has 0 radical (unpaired) electrons. The first-order chi connectivity index (χ1) is 13.7. The fourth-order valence-corrected chi connectivity index (χ4v) is 4.32. The Hall–Kier alpha value is -2.82. The molecule has 5 heteroatoms. The van der Waals surface area contributed by atoms with Crippen LogP contribution in [0.25, 0.3) is 10.9 Å². The molecule has 5 nitrogen and oxygen atoms in total. The van der Waals surface area contributed by atoms with E-state index in [1.807, 2.05) is 24.3 Å². The molecule has 144 valence electrons. The first kappa shape index (κ1) is 17.3. The van der Waals surface area contributed by atoms with Crippen molar-refractivity contribution in [3.8, 4) is 5.75 Å². The second-order valence-corrected chi connectivity index (χ2v) is 7.96. The van der Waals surface area contributed by atoms with E-state index in [4.69, 9.17) is 20.4 Å². The van der Waals surface area contributed by atoms with E-state index in [2.05, 4.69) is 23.1 Å². The number of nitrogen functional groups attached to an aromatic ring is 1. The molecule has 1 aliphatic carbocycles. The SMILES string of the molecule is COc1ccccc1C1CCN(c2nc(C3CC3)nc3ccc(N)cc23)CC1. The molecule has 2 fully saturated rings. The Bertz CT molecular complexity index is 1010. The summed E-state index contributed by atoms with van der Waals surface area (Å²) >= 11 is 0. The average Bonchev–Trinajstić information content (AvgIpc) is 3.58. The standard InChI is InChI=1S/C23H26N4O/c1-28-21-5-3-2-4-18(21)15-10-12-27(13-11-15)23-19-14-17(24)8-9-20(19)25-22(26-23)16-6-7-16/h2-5,8-9,14-16H,6-7,10-13,24H2,1H3. The van der Waals surface area contributed by atoms with Crippen LogP contribution in [0.3, 0.4) is 0 Å². The van der Waals surface area contributed by atoms with Crippen molar-refractivity contribution in [3.05, 3.63) is 53.9 Å². The second-order valence-electron chi connectivity index (χ2n) is 7.96. The van der Waals surface area contributed by atoms with Crippen LogP contribution in [0.4, 0.5) is 11.5 Å². The number of benzene rings is 2. The highest BCUT2D eigenvalue weighted by atomic mass is 16.5. The van der Waals surface area contributed by atoms with Crippen molar-refractivity contribution in [2.75, 3.05) is 30.8 Å². The topological polar surface area (TPSA) is 64.3 Å². The van der Waals surface area contributed by atoms with E-state index in [0.717, 1.165) is 59.9 Å². The first-order valence-corrected chi connectivity index (χ1v) is 10.2. The summed E-state index contributed by atoms with van der Waals surface area (Å²) in [7, 11) is 1.75. The van der Waals surface area contributed by atoms with Crippen LogP contribution in [-0.4, -0.2) is 30.2 Å². The van der Waals surface area contributed by atoms with Gasteiger partial charge in [-0.1, -0.05) is 18.2 Å². The number of methoxy groups -OCH3 is 1. The van der Waals surface area contributed by atoms with Gasteiger partial charge in [0.15, 0.2) is 0 Å². The molecule has 0 atom stereocenters. The van der Waals surface area contributed by atoms with Gasteiger partial charge in [-0.25, -0.2) is 9.97 Å². The van der Waals surface area contributed by atoms with E-state index >= 15 is 0 Å². The van der Waals surface area contributed by atoms with Crippen molar-refractivity contribution in [2.45, 2.75) is 37.5 Å². The van der Waals surface area contributed by atoms with E-state index in [1.54, 1.807) is 7.11 Å². The van der Waals surface area contributed by atoms with Crippen molar-refractivity contribution in [2.24, 2.45) is 0 Å². The number of hydrogen-bond acceptors (Lipinski definition) is 5. The minimum atomic E-state index is 0.522. The summed E-state index contributed by atoms with van der Waals surface area (Å²) in [6, 6.07) is 14.4. The van der Waals surface area contributed by atoms with Gasteiger partial charge in [0.1, 0.15) is 17.4 Å². The number of aromatic nitrogens is 2. The summed E-state index contributed by atoms with van der Waals surface area (Å²) in [6.45, 7) is 1.96. The monoisotopic (exact) mass is 374 g/mol. The largest absolute Gasteiger partial charge is 0.496 e. The highest BCUT2D eigenvalue weighted by molar-refractivity contribution is 5.92. The third kappa shape index (κ3) is 3.15. The van der Waals surface area contributed by atoms with Crippen molar-refractivity contribution >= 4 is 22.4 Å². The highest BCUT2D eigenvalue weighted by Gasteiger charge is 2.30. The lowest BCUT2D eigenvalue weighted by Crippen LogP contribution is -2.34. The number of rotatable bonds is 4. The first-order valence-electron chi connectivity index (χ1n) is 10.2. The van der Waals surface area contributed by atoms with E-state index in [9.17, 15) is 0 Å². The van der Waals surface area contributed by atoms with Gasteiger partial charge in [-0.15, -0.1) is 0 Å². The maximum absolute atomic E-state index is 6.07. The van der Waals surface area contributed by atoms with Gasteiger partial charge in [0.2, 0.25) is 0 Å². The smallest absolute Gasteiger partial charge is 0.140 e. The molecule has 2 N–H and O–H groups in total. The van der Waals surface area contributed by atoms with Gasteiger partial charge in [0.25, 0.3) is 0 Å². The maximum Gasteiger partial charge on any atom is 0.140 e. The molecule has 5 rings (SSSR count). The Balaban J connectivity index is 1.44. The third-order valence-corrected chi connectivity index (χ3v) is 6.03. The van der Waals surface area contributed by atoms with E-state index in [-0.39, 0.29) is 0 Å². The fraction of sp³-hybridized carbons (Fsp3) is 0.391. The van der Waals surface area contributed by atoms with Crippen LogP contribution >= 0.6 is 0 Å². The quantitative estimate of drug-likeness (QED) is 0.682.